The lowest BCUT2D eigenvalue weighted by Gasteiger charge is -2.34. The fourth-order valence-corrected chi connectivity index (χ4v) is 5.77. The molecule has 3 rings (SSSR count). The van der Waals surface area contributed by atoms with Crippen molar-refractivity contribution in [3.05, 3.63) is 29.8 Å². The van der Waals surface area contributed by atoms with Crippen molar-refractivity contribution in [1.29, 1.82) is 0 Å². The van der Waals surface area contributed by atoms with E-state index in [-0.39, 0.29) is 29.2 Å². The SMILES string of the molecule is CCc1ccccc1NC(=O)CN1CCN(C(=O)C[C@@H]2CCS(=O)(=O)C2)CC1. The third-order valence-corrected chi connectivity index (χ3v) is 7.39. The molecule has 0 spiro atoms. The molecule has 0 aliphatic carbocycles. The quantitative estimate of drug-likeness (QED) is 0.765. The number of hydrogen-bond acceptors (Lipinski definition) is 5. The molecule has 0 unspecified atom stereocenters. The summed E-state index contributed by atoms with van der Waals surface area (Å²) in [4.78, 5) is 28.7. The number of amides is 2. The van der Waals surface area contributed by atoms with Crippen molar-refractivity contribution in [2.24, 2.45) is 5.92 Å². The van der Waals surface area contributed by atoms with Gasteiger partial charge in [-0.3, -0.25) is 14.5 Å². The van der Waals surface area contributed by atoms with Crippen molar-refractivity contribution in [2.45, 2.75) is 26.2 Å². The molecular weight excluding hydrogens is 378 g/mol. The monoisotopic (exact) mass is 407 g/mol. The summed E-state index contributed by atoms with van der Waals surface area (Å²) in [6, 6.07) is 7.80. The molecule has 2 fully saturated rings. The van der Waals surface area contributed by atoms with Crippen LogP contribution in [0.2, 0.25) is 0 Å². The number of benzene rings is 1. The molecule has 7 nitrogen and oxygen atoms in total. The summed E-state index contributed by atoms with van der Waals surface area (Å²) in [5, 5.41) is 2.98. The van der Waals surface area contributed by atoms with E-state index < -0.39 is 9.84 Å². The lowest BCUT2D eigenvalue weighted by atomic mass is 10.0. The number of aryl methyl sites for hydroxylation is 1. The number of carbonyl (C=O) groups excluding carboxylic acids is 2. The number of sulfone groups is 1. The Labute approximate surface area is 167 Å². The predicted molar refractivity (Wildman–Crippen MR) is 109 cm³/mol. The van der Waals surface area contributed by atoms with Gasteiger partial charge in [0.1, 0.15) is 0 Å². The van der Waals surface area contributed by atoms with Crippen molar-refractivity contribution in [3.8, 4) is 0 Å². The van der Waals surface area contributed by atoms with Crippen LogP contribution in [0, 0.1) is 5.92 Å². The van der Waals surface area contributed by atoms with Gasteiger partial charge in [0.15, 0.2) is 9.84 Å². The maximum Gasteiger partial charge on any atom is 0.238 e. The average molecular weight is 408 g/mol. The Morgan fingerprint density at radius 1 is 1.14 bits per heavy atom. The largest absolute Gasteiger partial charge is 0.340 e. The molecule has 0 radical (unpaired) electrons. The van der Waals surface area contributed by atoms with Gasteiger partial charge in [-0.2, -0.15) is 0 Å². The van der Waals surface area contributed by atoms with Crippen LogP contribution in [0.1, 0.15) is 25.3 Å². The van der Waals surface area contributed by atoms with Gasteiger partial charge in [-0.25, -0.2) is 8.42 Å². The van der Waals surface area contributed by atoms with Crippen LogP contribution in [0.3, 0.4) is 0 Å². The van der Waals surface area contributed by atoms with E-state index >= 15 is 0 Å². The molecule has 1 atom stereocenters. The topological polar surface area (TPSA) is 86.8 Å². The molecule has 0 aromatic heterocycles. The number of nitrogens with one attached hydrogen (secondary N) is 1. The standard InChI is InChI=1S/C20H29N3O4S/c1-2-17-5-3-4-6-18(17)21-19(24)14-22-8-10-23(11-9-22)20(25)13-16-7-12-28(26,27)15-16/h3-6,16H,2,7-15H2,1H3,(H,21,24)/t16-/m0/s1. The van der Waals surface area contributed by atoms with E-state index in [0.29, 0.717) is 45.6 Å². The van der Waals surface area contributed by atoms with Gasteiger partial charge in [-0.1, -0.05) is 25.1 Å². The molecular formula is C20H29N3O4S. The molecule has 2 saturated heterocycles. The third kappa shape index (κ3) is 5.54. The van der Waals surface area contributed by atoms with Gasteiger partial charge in [-0.15, -0.1) is 0 Å². The number of anilines is 1. The molecule has 0 bridgehead atoms. The molecule has 1 aromatic rings. The first-order valence-corrected chi connectivity index (χ1v) is 11.8. The summed E-state index contributed by atoms with van der Waals surface area (Å²) in [5.41, 5.74) is 1.97. The van der Waals surface area contributed by atoms with Crippen molar-refractivity contribution in [3.63, 3.8) is 0 Å². The van der Waals surface area contributed by atoms with Crippen LogP contribution in [-0.2, 0) is 25.8 Å². The molecule has 2 amide bonds. The van der Waals surface area contributed by atoms with Crippen molar-refractivity contribution in [1.82, 2.24) is 9.80 Å². The molecule has 2 aliphatic rings. The first-order chi connectivity index (χ1) is 13.4. The first-order valence-electron chi connectivity index (χ1n) is 9.94. The van der Waals surface area contributed by atoms with Crippen LogP contribution in [0.25, 0.3) is 0 Å². The van der Waals surface area contributed by atoms with Gasteiger partial charge < -0.3 is 10.2 Å². The highest BCUT2D eigenvalue weighted by molar-refractivity contribution is 7.91. The average Bonchev–Trinajstić information content (AvgIpc) is 3.01. The van der Waals surface area contributed by atoms with E-state index in [0.717, 1.165) is 17.7 Å². The molecule has 28 heavy (non-hydrogen) atoms. The zero-order valence-electron chi connectivity index (χ0n) is 16.4. The van der Waals surface area contributed by atoms with Crippen LogP contribution in [0.5, 0.6) is 0 Å². The Bertz CT molecular complexity index is 816. The van der Waals surface area contributed by atoms with Crippen LogP contribution < -0.4 is 5.32 Å². The summed E-state index contributed by atoms with van der Waals surface area (Å²) in [6.45, 7) is 4.83. The summed E-state index contributed by atoms with van der Waals surface area (Å²) in [7, 11) is -2.95. The van der Waals surface area contributed by atoms with Crippen LogP contribution in [0.4, 0.5) is 5.69 Å². The highest BCUT2D eigenvalue weighted by atomic mass is 32.2. The second kappa shape index (κ2) is 9.05. The van der Waals surface area contributed by atoms with Crippen molar-refractivity contribution < 1.29 is 18.0 Å². The Morgan fingerprint density at radius 3 is 2.50 bits per heavy atom. The zero-order valence-corrected chi connectivity index (χ0v) is 17.2. The Hall–Kier alpha value is -1.93. The number of hydrogen-bond donors (Lipinski definition) is 1. The fourth-order valence-electron chi connectivity index (χ4n) is 3.91. The zero-order chi connectivity index (χ0) is 20.1. The minimum Gasteiger partial charge on any atom is -0.340 e. The van der Waals surface area contributed by atoms with E-state index in [4.69, 9.17) is 0 Å². The molecule has 0 saturated carbocycles. The van der Waals surface area contributed by atoms with Crippen molar-refractivity contribution in [2.75, 3.05) is 49.5 Å². The maximum absolute atomic E-state index is 12.4. The summed E-state index contributed by atoms with van der Waals surface area (Å²) < 4.78 is 23.1. The van der Waals surface area contributed by atoms with E-state index in [1.54, 1.807) is 4.90 Å². The number of nitrogens with zero attached hydrogens (tertiary/aromatic N) is 2. The number of carbonyl (C=O) groups is 2. The van der Waals surface area contributed by atoms with Crippen LogP contribution in [-0.4, -0.2) is 74.3 Å². The first kappa shape index (κ1) is 20.8. The Balaban J connectivity index is 1.42. The van der Waals surface area contributed by atoms with Gasteiger partial charge in [-0.05, 0) is 30.4 Å². The molecule has 1 aromatic carbocycles. The van der Waals surface area contributed by atoms with Gasteiger partial charge in [0.2, 0.25) is 11.8 Å². The normalized spacial score (nSPS) is 22.2. The fraction of sp³-hybridized carbons (Fsp3) is 0.600. The third-order valence-electron chi connectivity index (χ3n) is 5.55. The van der Waals surface area contributed by atoms with E-state index in [9.17, 15) is 18.0 Å². The lowest BCUT2D eigenvalue weighted by molar-refractivity contribution is -0.133. The highest BCUT2D eigenvalue weighted by Crippen LogP contribution is 2.22. The smallest absolute Gasteiger partial charge is 0.238 e. The minimum atomic E-state index is -2.95. The molecule has 1 N–H and O–H groups in total. The number of piperazine rings is 1. The van der Waals surface area contributed by atoms with Crippen molar-refractivity contribution >= 4 is 27.3 Å². The van der Waals surface area contributed by atoms with Crippen LogP contribution >= 0.6 is 0 Å². The molecule has 8 heteroatoms. The molecule has 154 valence electrons. The Morgan fingerprint density at radius 2 is 1.86 bits per heavy atom. The Kier molecular flexibility index (Phi) is 6.72. The minimum absolute atomic E-state index is 0.0306. The number of para-hydroxylation sites is 1. The number of rotatable bonds is 6. The van der Waals surface area contributed by atoms with Crippen LogP contribution in [0.15, 0.2) is 24.3 Å². The highest BCUT2D eigenvalue weighted by Gasteiger charge is 2.31. The van der Waals surface area contributed by atoms with Gasteiger partial charge >= 0.3 is 0 Å². The lowest BCUT2D eigenvalue weighted by Crippen LogP contribution is -2.50. The van der Waals surface area contributed by atoms with E-state index in [2.05, 4.69) is 12.2 Å². The van der Waals surface area contributed by atoms with Gasteiger partial charge in [0.25, 0.3) is 0 Å². The summed E-state index contributed by atoms with van der Waals surface area (Å²) >= 11 is 0. The molecule has 2 aliphatic heterocycles. The van der Waals surface area contributed by atoms with Gasteiger partial charge in [0, 0.05) is 38.3 Å². The maximum atomic E-state index is 12.4. The second-order valence-corrected chi connectivity index (χ2v) is 9.92. The summed E-state index contributed by atoms with van der Waals surface area (Å²) in [6.07, 6.45) is 1.76. The molecule has 2 heterocycles. The van der Waals surface area contributed by atoms with Gasteiger partial charge in [0.05, 0.1) is 18.1 Å². The second-order valence-electron chi connectivity index (χ2n) is 7.69. The van der Waals surface area contributed by atoms with E-state index in [1.165, 1.54) is 0 Å². The predicted octanol–water partition coefficient (Wildman–Crippen LogP) is 1.16. The van der Waals surface area contributed by atoms with E-state index in [1.807, 2.05) is 29.2 Å². The summed E-state index contributed by atoms with van der Waals surface area (Å²) in [5.74, 6) is 0.285.